The van der Waals surface area contributed by atoms with Crippen LogP contribution in [0.5, 0.6) is 0 Å². The van der Waals surface area contributed by atoms with Crippen molar-refractivity contribution in [3.63, 3.8) is 0 Å². The zero-order valence-electron chi connectivity index (χ0n) is 24.3. The minimum atomic E-state index is -3.70. The molecular weight excluding hydrogens is 588 g/mol. The van der Waals surface area contributed by atoms with Crippen LogP contribution in [0.2, 0.25) is 0 Å². The number of thiophene rings is 1. The lowest BCUT2D eigenvalue weighted by Crippen LogP contribution is -2.38. The van der Waals surface area contributed by atoms with E-state index in [0.29, 0.717) is 24.5 Å². The highest BCUT2D eigenvalue weighted by atomic mass is 32.2. The van der Waals surface area contributed by atoms with Crippen molar-refractivity contribution in [1.82, 2.24) is 14.5 Å². The van der Waals surface area contributed by atoms with Crippen LogP contribution in [0.25, 0.3) is 0 Å². The van der Waals surface area contributed by atoms with Crippen molar-refractivity contribution in [2.45, 2.75) is 62.6 Å². The first-order valence-corrected chi connectivity index (χ1v) is 16.6. The number of rotatable bonds is 8. The molecule has 1 aliphatic carbocycles. The minimum absolute atomic E-state index is 0.0234. The second-order valence-electron chi connectivity index (χ2n) is 10.9. The number of ether oxygens (including phenoxy) is 1. The van der Waals surface area contributed by atoms with E-state index in [0.717, 1.165) is 49.1 Å². The molecule has 0 bridgehead atoms. The summed E-state index contributed by atoms with van der Waals surface area (Å²) in [5.41, 5.74) is 2.45. The molecule has 3 amide bonds. The van der Waals surface area contributed by atoms with E-state index in [4.69, 9.17) is 0 Å². The van der Waals surface area contributed by atoms with Gasteiger partial charge in [-0.15, -0.1) is 11.3 Å². The van der Waals surface area contributed by atoms with Crippen LogP contribution in [0, 0.1) is 0 Å². The fraction of sp³-hybridized carbons (Fsp3) is 0.387. The quantitative estimate of drug-likeness (QED) is 0.361. The Morgan fingerprint density at radius 3 is 2.37 bits per heavy atom. The number of sulfonamides is 1. The number of alkyl carbamates (subject to hydrolysis) is 1. The maximum absolute atomic E-state index is 13.3. The number of carbonyl (C=O) groups excluding carboxylic acids is 3. The van der Waals surface area contributed by atoms with E-state index in [1.54, 1.807) is 7.05 Å². The molecule has 5 rings (SSSR count). The molecule has 2 aliphatic rings. The first-order valence-electron chi connectivity index (χ1n) is 14.4. The Bertz CT molecular complexity index is 1580. The van der Waals surface area contributed by atoms with E-state index in [1.165, 1.54) is 52.6 Å². The number of benzene rings is 2. The van der Waals surface area contributed by atoms with E-state index in [9.17, 15) is 22.8 Å². The monoisotopic (exact) mass is 624 g/mol. The van der Waals surface area contributed by atoms with Crippen molar-refractivity contribution in [3.05, 3.63) is 81.7 Å². The number of nitrogens with one attached hydrogen (secondary N) is 2. The van der Waals surface area contributed by atoms with Gasteiger partial charge < -0.3 is 10.1 Å². The lowest BCUT2D eigenvalue weighted by atomic mass is 9.96. The highest BCUT2D eigenvalue weighted by Gasteiger charge is 2.31. The van der Waals surface area contributed by atoms with Gasteiger partial charge >= 0.3 is 6.09 Å². The van der Waals surface area contributed by atoms with Gasteiger partial charge in [0, 0.05) is 43.2 Å². The summed E-state index contributed by atoms with van der Waals surface area (Å²) in [4.78, 5) is 41.7. The Hall–Kier alpha value is -3.58. The molecule has 1 saturated carbocycles. The molecule has 0 atom stereocenters. The van der Waals surface area contributed by atoms with Crippen LogP contribution < -0.4 is 10.6 Å². The summed E-state index contributed by atoms with van der Waals surface area (Å²) in [5, 5.41) is 5.39. The number of carbonyl (C=O) groups is 3. The van der Waals surface area contributed by atoms with Crippen LogP contribution in [0.4, 0.5) is 9.80 Å². The number of hydrogen-bond acceptors (Lipinski definition) is 8. The highest BCUT2D eigenvalue weighted by Crippen LogP contribution is 2.38. The normalized spacial score (nSPS) is 16.0. The second-order valence-corrected chi connectivity index (χ2v) is 14.0. The molecule has 1 aromatic heterocycles. The first-order chi connectivity index (χ1) is 20.7. The Balaban J connectivity index is 1.35. The van der Waals surface area contributed by atoms with Crippen molar-refractivity contribution in [1.29, 1.82) is 0 Å². The number of methoxy groups -OCH3 is 1. The third kappa shape index (κ3) is 6.98. The van der Waals surface area contributed by atoms with E-state index < -0.39 is 27.9 Å². The Morgan fingerprint density at radius 1 is 1.00 bits per heavy atom. The number of amides is 3. The van der Waals surface area contributed by atoms with Gasteiger partial charge in [-0.25, -0.2) is 13.2 Å². The number of anilines is 1. The number of hydrogen-bond donors (Lipinski definition) is 2. The highest BCUT2D eigenvalue weighted by molar-refractivity contribution is 7.89. The summed E-state index contributed by atoms with van der Waals surface area (Å²) < 4.78 is 32.5. The van der Waals surface area contributed by atoms with E-state index in [-0.39, 0.29) is 22.1 Å². The molecule has 0 radical (unpaired) electrons. The van der Waals surface area contributed by atoms with Gasteiger partial charge in [-0.3, -0.25) is 19.8 Å². The zero-order valence-corrected chi connectivity index (χ0v) is 25.9. The predicted molar refractivity (Wildman–Crippen MR) is 165 cm³/mol. The molecule has 1 aliphatic heterocycles. The topological polar surface area (TPSA) is 125 Å². The molecule has 1 fully saturated rings. The van der Waals surface area contributed by atoms with Crippen LogP contribution in [-0.4, -0.2) is 62.3 Å². The minimum Gasteiger partial charge on any atom is -0.453 e. The zero-order chi connectivity index (χ0) is 30.6. The average Bonchev–Trinajstić information content (AvgIpc) is 3.38. The van der Waals surface area contributed by atoms with Crippen molar-refractivity contribution >= 4 is 44.3 Å². The summed E-state index contributed by atoms with van der Waals surface area (Å²) in [6.07, 6.45) is 4.52. The summed E-state index contributed by atoms with van der Waals surface area (Å²) in [6, 6.07) is 15.9. The van der Waals surface area contributed by atoms with Gasteiger partial charge in [-0.1, -0.05) is 49.6 Å². The van der Waals surface area contributed by atoms with Crippen molar-refractivity contribution in [2.24, 2.45) is 0 Å². The van der Waals surface area contributed by atoms with Gasteiger partial charge in [0.2, 0.25) is 10.0 Å². The van der Waals surface area contributed by atoms with Crippen LogP contribution in [0.15, 0.2) is 59.5 Å². The molecule has 2 aromatic carbocycles. The van der Waals surface area contributed by atoms with Crippen molar-refractivity contribution in [2.75, 3.05) is 26.0 Å². The third-order valence-electron chi connectivity index (χ3n) is 8.12. The maximum Gasteiger partial charge on any atom is 0.413 e. The van der Waals surface area contributed by atoms with E-state index in [1.807, 2.05) is 18.2 Å². The molecule has 228 valence electrons. The molecule has 2 N–H and O–H groups in total. The molecule has 2 heterocycles. The summed E-state index contributed by atoms with van der Waals surface area (Å²) in [6.45, 7) is 2.04. The molecule has 43 heavy (non-hydrogen) atoms. The Kier molecular flexibility index (Phi) is 9.60. The largest absolute Gasteiger partial charge is 0.453 e. The summed E-state index contributed by atoms with van der Waals surface area (Å²) in [5.74, 6) is -1.14. The smallest absolute Gasteiger partial charge is 0.413 e. The maximum atomic E-state index is 13.3. The average molecular weight is 625 g/mol. The second kappa shape index (κ2) is 13.4. The van der Waals surface area contributed by atoms with E-state index >= 15 is 0 Å². The van der Waals surface area contributed by atoms with Gasteiger partial charge in [0.05, 0.1) is 17.6 Å². The van der Waals surface area contributed by atoms with Gasteiger partial charge in [-0.05, 0) is 54.7 Å². The molecule has 10 nitrogen and oxygen atoms in total. The predicted octanol–water partition coefficient (Wildman–Crippen LogP) is 5.01. The Labute approximate surface area is 256 Å². The van der Waals surface area contributed by atoms with Gasteiger partial charge in [0.1, 0.15) is 5.00 Å². The molecule has 0 saturated heterocycles. The van der Waals surface area contributed by atoms with E-state index in [2.05, 4.69) is 32.4 Å². The molecule has 3 aromatic rings. The van der Waals surface area contributed by atoms with Crippen molar-refractivity contribution < 1.29 is 27.5 Å². The van der Waals surface area contributed by atoms with Crippen LogP contribution in [0.3, 0.4) is 0 Å². The van der Waals surface area contributed by atoms with Crippen molar-refractivity contribution in [3.8, 4) is 0 Å². The van der Waals surface area contributed by atoms with Crippen LogP contribution in [-0.2, 0) is 34.3 Å². The van der Waals surface area contributed by atoms with Gasteiger partial charge in [0.25, 0.3) is 11.8 Å². The SMILES string of the molecule is COC(=O)NC(=O)c1c(NC(=O)c2ccc(S(=O)(=O)N(C)C3CCCCC3)cc2)sc2c1CCN(Cc1ccccc1)C2. The standard InChI is InChI=1S/C31H36N4O6S2/c1-34(23-11-7-4-8-12-23)43(39,40)24-15-13-22(14-16-24)28(36)32-30-27(29(37)33-31(38)41-2)25-17-18-35(20-26(25)42-30)19-21-9-5-3-6-10-21/h3,5-6,9-10,13-16,23H,4,7-8,11-12,17-20H2,1-2H3,(H,32,36)(H,33,37,38). The Morgan fingerprint density at radius 2 is 1.70 bits per heavy atom. The van der Waals surface area contributed by atoms with Crippen LogP contribution in [0.1, 0.15) is 68.8 Å². The van der Waals surface area contributed by atoms with Gasteiger partial charge in [-0.2, -0.15) is 4.31 Å². The first kappa shape index (κ1) is 30.9. The molecule has 12 heteroatoms. The van der Waals surface area contributed by atoms with Gasteiger partial charge in [0.15, 0.2) is 0 Å². The fourth-order valence-corrected chi connectivity index (χ4v) is 8.43. The lowest BCUT2D eigenvalue weighted by Gasteiger charge is -2.30. The molecule has 0 unspecified atom stereocenters. The van der Waals surface area contributed by atoms with Crippen LogP contribution >= 0.6 is 11.3 Å². The summed E-state index contributed by atoms with van der Waals surface area (Å²) >= 11 is 1.30. The molecule has 0 spiro atoms. The number of fused-ring (bicyclic) bond motifs is 1. The summed E-state index contributed by atoms with van der Waals surface area (Å²) in [7, 11) is -0.909. The molecular formula is C31H36N4O6S2. The fourth-order valence-electron chi connectivity index (χ4n) is 5.73. The number of imide groups is 1. The lowest BCUT2D eigenvalue weighted by molar-refractivity contribution is 0.0936. The number of nitrogens with zero attached hydrogens (tertiary/aromatic N) is 2. The third-order valence-corrected chi connectivity index (χ3v) is 11.2.